The Bertz CT molecular complexity index is 823. The molecule has 2 N–H and O–H groups in total. The molecule has 1 amide bonds. The summed E-state index contributed by atoms with van der Waals surface area (Å²) in [6.45, 7) is 1.87. The van der Waals surface area contributed by atoms with Gasteiger partial charge in [0.15, 0.2) is 0 Å². The molecule has 0 aliphatic heterocycles. The van der Waals surface area contributed by atoms with Crippen molar-refractivity contribution < 1.29 is 9.90 Å². The number of aromatic nitrogens is 1. The Morgan fingerprint density at radius 3 is 2.90 bits per heavy atom. The summed E-state index contributed by atoms with van der Waals surface area (Å²) in [5, 5.41) is 14.5. The van der Waals surface area contributed by atoms with Gasteiger partial charge in [-0.15, -0.1) is 0 Å². The van der Waals surface area contributed by atoms with Crippen LogP contribution < -0.4 is 5.32 Å². The third-order valence-corrected chi connectivity index (χ3v) is 3.33. The van der Waals surface area contributed by atoms with Gasteiger partial charge < -0.3 is 10.4 Å². The first-order chi connectivity index (χ1) is 10.1. The van der Waals surface area contributed by atoms with Crippen molar-refractivity contribution in [3.63, 3.8) is 0 Å². The predicted octanol–water partition coefficient (Wildman–Crippen LogP) is 3.50. The zero-order chi connectivity index (χ0) is 14.8. The second-order valence-corrected chi connectivity index (χ2v) is 4.88. The molecule has 21 heavy (non-hydrogen) atoms. The summed E-state index contributed by atoms with van der Waals surface area (Å²) in [4.78, 5) is 16.4. The first-order valence-electron chi connectivity index (χ1n) is 6.59. The molecular weight excluding hydrogens is 264 g/mol. The Hall–Kier alpha value is -2.88. The fourth-order valence-electron chi connectivity index (χ4n) is 2.24. The van der Waals surface area contributed by atoms with Crippen molar-refractivity contribution in [1.29, 1.82) is 0 Å². The molecule has 0 spiro atoms. The molecule has 0 aliphatic rings. The maximum absolute atomic E-state index is 12.3. The molecule has 0 saturated carbocycles. The third kappa shape index (κ3) is 2.56. The van der Waals surface area contributed by atoms with Crippen LogP contribution in [0.4, 0.5) is 5.69 Å². The van der Waals surface area contributed by atoms with Gasteiger partial charge in [-0.25, -0.2) is 0 Å². The zero-order valence-corrected chi connectivity index (χ0v) is 11.5. The molecule has 4 nitrogen and oxygen atoms in total. The monoisotopic (exact) mass is 278 g/mol. The number of rotatable bonds is 2. The average Bonchev–Trinajstić information content (AvgIpc) is 2.50. The van der Waals surface area contributed by atoms with Crippen LogP contribution in [0, 0.1) is 6.92 Å². The summed E-state index contributed by atoms with van der Waals surface area (Å²) >= 11 is 0. The lowest BCUT2D eigenvalue weighted by atomic mass is 10.1. The van der Waals surface area contributed by atoms with Crippen molar-refractivity contribution in [3.8, 4) is 5.75 Å². The number of pyridine rings is 1. The van der Waals surface area contributed by atoms with Gasteiger partial charge in [0.2, 0.25) is 0 Å². The molecule has 0 fully saturated rings. The van der Waals surface area contributed by atoms with Crippen LogP contribution in [0.15, 0.2) is 54.9 Å². The van der Waals surface area contributed by atoms with Crippen LogP contribution in [-0.4, -0.2) is 16.0 Å². The summed E-state index contributed by atoms with van der Waals surface area (Å²) in [5.41, 5.74) is 1.85. The van der Waals surface area contributed by atoms with Gasteiger partial charge in [0.25, 0.3) is 5.91 Å². The minimum atomic E-state index is -0.340. The highest BCUT2D eigenvalue weighted by molar-refractivity contribution is 6.10. The minimum absolute atomic E-state index is 0.0311. The summed E-state index contributed by atoms with van der Waals surface area (Å²) in [6.07, 6.45) is 3.42. The molecule has 1 aromatic heterocycles. The van der Waals surface area contributed by atoms with E-state index in [2.05, 4.69) is 10.3 Å². The summed E-state index contributed by atoms with van der Waals surface area (Å²) in [7, 11) is 0. The highest BCUT2D eigenvalue weighted by atomic mass is 16.3. The maximum Gasteiger partial charge on any atom is 0.259 e. The Morgan fingerprint density at radius 2 is 2.05 bits per heavy atom. The van der Waals surface area contributed by atoms with E-state index in [0.717, 1.165) is 16.3 Å². The maximum atomic E-state index is 12.3. The highest BCUT2D eigenvalue weighted by Crippen LogP contribution is 2.24. The van der Waals surface area contributed by atoms with Crippen LogP contribution in [0.5, 0.6) is 5.75 Å². The molecule has 3 rings (SSSR count). The molecule has 0 aliphatic carbocycles. The second kappa shape index (κ2) is 5.25. The number of fused-ring (bicyclic) bond motifs is 1. The number of aromatic hydroxyl groups is 1. The zero-order valence-electron chi connectivity index (χ0n) is 11.5. The number of benzene rings is 2. The van der Waals surface area contributed by atoms with Gasteiger partial charge in [0.05, 0.1) is 11.3 Å². The molecule has 1 heterocycles. The first kappa shape index (κ1) is 13.1. The van der Waals surface area contributed by atoms with E-state index in [4.69, 9.17) is 0 Å². The molecule has 0 radical (unpaired) electrons. The number of anilines is 1. The van der Waals surface area contributed by atoms with E-state index in [9.17, 15) is 9.90 Å². The molecule has 0 saturated heterocycles. The number of hydrogen-bond donors (Lipinski definition) is 2. The van der Waals surface area contributed by atoms with E-state index in [1.807, 2.05) is 31.2 Å². The number of amides is 1. The van der Waals surface area contributed by atoms with Crippen LogP contribution in [0.1, 0.15) is 15.9 Å². The van der Waals surface area contributed by atoms with Crippen molar-refractivity contribution in [1.82, 2.24) is 4.98 Å². The number of nitrogens with zero attached hydrogens (tertiary/aromatic N) is 1. The Balaban J connectivity index is 1.99. The average molecular weight is 278 g/mol. The largest absolute Gasteiger partial charge is 0.507 e. The molecule has 4 heteroatoms. The number of phenolic OH excluding ortho intramolecular Hbond substituents is 1. The van der Waals surface area contributed by atoms with Crippen LogP contribution in [0.3, 0.4) is 0 Å². The molecule has 3 aromatic rings. The Kier molecular flexibility index (Phi) is 3.28. The number of carbonyl (C=O) groups is 1. The normalized spacial score (nSPS) is 10.5. The first-order valence-corrected chi connectivity index (χ1v) is 6.59. The van der Waals surface area contributed by atoms with Gasteiger partial charge in [-0.3, -0.25) is 9.78 Å². The van der Waals surface area contributed by atoms with Gasteiger partial charge in [0, 0.05) is 17.8 Å². The van der Waals surface area contributed by atoms with Crippen LogP contribution in [0.25, 0.3) is 10.8 Å². The van der Waals surface area contributed by atoms with E-state index >= 15 is 0 Å². The molecule has 0 atom stereocenters. The van der Waals surface area contributed by atoms with Crippen molar-refractivity contribution >= 4 is 22.4 Å². The summed E-state index contributed by atoms with van der Waals surface area (Å²) in [6, 6.07) is 12.5. The topological polar surface area (TPSA) is 62.2 Å². The number of phenols is 1. The van der Waals surface area contributed by atoms with Crippen molar-refractivity contribution in [2.24, 2.45) is 0 Å². The van der Waals surface area contributed by atoms with Gasteiger partial charge in [0.1, 0.15) is 5.75 Å². The molecule has 104 valence electrons. The van der Waals surface area contributed by atoms with E-state index in [1.54, 1.807) is 24.5 Å². The number of aryl methyl sites for hydroxylation is 1. The lowest BCUT2D eigenvalue weighted by molar-refractivity contribution is 0.102. The molecule has 0 unspecified atom stereocenters. The van der Waals surface area contributed by atoms with Gasteiger partial charge >= 0.3 is 0 Å². The predicted molar refractivity (Wildman–Crippen MR) is 82.5 cm³/mol. The highest BCUT2D eigenvalue weighted by Gasteiger charge is 2.12. The quantitative estimate of drug-likeness (QED) is 0.754. The molecule has 0 bridgehead atoms. The van der Waals surface area contributed by atoms with Gasteiger partial charge in [-0.1, -0.05) is 23.8 Å². The van der Waals surface area contributed by atoms with Crippen molar-refractivity contribution in [2.75, 3.05) is 5.32 Å². The lowest BCUT2D eigenvalue weighted by Gasteiger charge is -2.10. The van der Waals surface area contributed by atoms with E-state index in [0.29, 0.717) is 5.69 Å². The molecule has 2 aromatic carbocycles. The van der Waals surface area contributed by atoms with E-state index in [1.165, 1.54) is 6.07 Å². The van der Waals surface area contributed by atoms with Gasteiger partial charge in [-0.2, -0.15) is 0 Å². The lowest BCUT2D eigenvalue weighted by Crippen LogP contribution is -2.12. The second-order valence-electron chi connectivity index (χ2n) is 4.88. The van der Waals surface area contributed by atoms with Crippen molar-refractivity contribution in [2.45, 2.75) is 6.92 Å². The van der Waals surface area contributed by atoms with E-state index < -0.39 is 0 Å². The van der Waals surface area contributed by atoms with Crippen LogP contribution in [-0.2, 0) is 0 Å². The van der Waals surface area contributed by atoms with Crippen LogP contribution >= 0.6 is 0 Å². The fraction of sp³-hybridized carbons (Fsp3) is 0.0588. The Morgan fingerprint density at radius 1 is 1.19 bits per heavy atom. The number of nitrogens with one attached hydrogen (secondary N) is 1. The van der Waals surface area contributed by atoms with Crippen molar-refractivity contribution in [3.05, 3.63) is 66.0 Å². The standard InChI is InChI=1S/C17H14N2O2/c1-11-5-6-16(20)13(9-11)17(21)19-15-4-2-3-12-7-8-18-10-14(12)15/h2-10,20H,1H3,(H,19,21). The number of carbonyl (C=O) groups excluding carboxylic acids is 1. The Labute approximate surface area is 122 Å². The molecular formula is C17H14N2O2. The third-order valence-electron chi connectivity index (χ3n) is 3.33. The van der Waals surface area contributed by atoms with E-state index in [-0.39, 0.29) is 17.2 Å². The SMILES string of the molecule is Cc1ccc(O)c(C(=O)Nc2cccc3ccncc23)c1. The minimum Gasteiger partial charge on any atom is -0.507 e. The smallest absolute Gasteiger partial charge is 0.259 e. The summed E-state index contributed by atoms with van der Waals surface area (Å²) in [5.74, 6) is -0.371. The fourth-order valence-corrected chi connectivity index (χ4v) is 2.24. The van der Waals surface area contributed by atoms with Crippen LogP contribution in [0.2, 0.25) is 0 Å². The van der Waals surface area contributed by atoms with Gasteiger partial charge in [-0.05, 0) is 36.6 Å². The summed E-state index contributed by atoms with van der Waals surface area (Å²) < 4.78 is 0. The number of hydrogen-bond acceptors (Lipinski definition) is 3.